The molecule has 0 bridgehead atoms. The number of allylic oxidation sites excluding steroid dienone is 2. The molecule has 6 N–H and O–H groups in total. The van der Waals surface area contributed by atoms with Gasteiger partial charge < -0.3 is 65.3 Å². The summed E-state index contributed by atoms with van der Waals surface area (Å²) in [6, 6.07) is 23.4. The monoisotopic (exact) mass is 1200 g/mol. The Bertz CT molecular complexity index is 3490. The third kappa shape index (κ3) is 17.1. The number of ether oxygens (including phenoxy) is 4. The van der Waals surface area contributed by atoms with Crippen molar-refractivity contribution in [3.63, 3.8) is 0 Å². The van der Waals surface area contributed by atoms with Gasteiger partial charge in [0.15, 0.2) is 0 Å². The molecular formula is C65H80N14O9. The van der Waals surface area contributed by atoms with E-state index in [1.54, 1.807) is 31.1 Å². The third-order valence-corrected chi connectivity index (χ3v) is 14.9. The maximum Gasteiger partial charge on any atom is 0.407 e. The van der Waals surface area contributed by atoms with Gasteiger partial charge in [0, 0.05) is 111 Å². The van der Waals surface area contributed by atoms with E-state index in [4.69, 9.17) is 29.8 Å². The Hall–Kier alpha value is -9.22. The molecule has 4 aliphatic heterocycles. The summed E-state index contributed by atoms with van der Waals surface area (Å²) in [4.78, 5) is 82.4. The highest BCUT2D eigenvalue weighted by molar-refractivity contribution is 5.94. The summed E-state index contributed by atoms with van der Waals surface area (Å²) in [6.45, 7) is 20.0. The molecule has 23 nitrogen and oxygen atoms in total. The summed E-state index contributed by atoms with van der Waals surface area (Å²) in [5, 5.41) is 17.5. The van der Waals surface area contributed by atoms with Gasteiger partial charge in [-0.05, 0) is 124 Å². The molecule has 2 aromatic carbocycles. The Morgan fingerprint density at radius 3 is 1.42 bits per heavy atom. The minimum absolute atomic E-state index is 0. The molecule has 23 heteroatoms. The number of anilines is 6. The van der Waals surface area contributed by atoms with Gasteiger partial charge in [-0.15, -0.1) is 0 Å². The van der Waals surface area contributed by atoms with Crippen LogP contribution in [0.25, 0.3) is 23.3 Å². The summed E-state index contributed by atoms with van der Waals surface area (Å²) >= 11 is 0. The van der Waals surface area contributed by atoms with Gasteiger partial charge >= 0.3 is 18.2 Å². The molecule has 464 valence electrons. The summed E-state index contributed by atoms with van der Waals surface area (Å²) < 4.78 is 21.5. The first-order valence-corrected chi connectivity index (χ1v) is 29.3. The average molecular weight is 1200 g/mol. The lowest BCUT2D eigenvalue weighted by atomic mass is 10.0. The molecule has 4 saturated heterocycles. The fourth-order valence-electron chi connectivity index (χ4n) is 10.7. The molecule has 88 heavy (non-hydrogen) atoms. The van der Waals surface area contributed by atoms with E-state index in [1.807, 2.05) is 96.1 Å². The number of nitrogens with two attached hydrogens (primary N) is 1. The summed E-state index contributed by atoms with van der Waals surface area (Å²) in [6.07, 6.45) is 11.9. The van der Waals surface area contributed by atoms with Crippen LogP contribution in [-0.2, 0) is 54.2 Å². The number of pyridine rings is 2. The number of carbonyl (C=O) groups is 4. The molecule has 3 amide bonds. The molecule has 6 aliphatic rings. The molecule has 2 aliphatic carbocycles. The summed E-state index contributed by atoms with van der Waals surface area (Å²) in [5.41, 5.74) is 18.4. The van der Waals surface area contributed by atoms with Crippen LogP contribution in [0.5, 0.6) is 0 Å². The predicted octanol–water partition coefficient (Wildman–Crippen LogP) is 7.75. The van der Waals surface area contributed by atoms with Crippen molar-refractivity contribution in [3.8, 4) is 0 Å². The van der Waals surface area contributed by atoms with E-state index in [1.165, 1.54) is 16.7 Å². The van der Waals surface area contributed by atoms with Crippen molar-refractivity contribution in [2.24, 2.45) is 0 Å². The minimum atomic E-state index is -0.905. The first-order chi connectivity index (χ1) is 41.7. The van der Waals surface area contributed by atoms with Gasteiger partial charge in [-0.2, -0.15) is 0 Å². The molecule has 0 unspecified atom stereocenters. The topological polar surface area (TPSA) is 278 Å². The standard InChI is InChI=1S/C32H37N7O4.C17H18N4O.C15H21N3O4.CH4/c1-32(2,3)43-31(41)37-25-18-39(19-25)26-8-9-33-24(16-26)17-29(40)36-23-6-4-21(5-7-23)22-14-27-28(15-22)34-20-35-30(27)38-10-12-42-13-11-38;18-14-3-1-12(2-4-14)13-9-15-16(10-13)19-11-20-17(15)21-5-7-22-8-6-21;1-15(2,3)22-14(21)17-11-8-18(9-11)12-4-5-16-10(6-12)7-13(19)20;/h4-9,14,16,20,25H,10-13,15,17-19H2,1-3H3,(H,36,40)(H,37,41);1-4,9,11H,5-8,10,18H2;4-6,11H,7-9H2,1-3H3,(H,17,21)(H,19,20);1H4. The smallest absolute Gasteiger partial charge is 0.407 e. The predicted molar refractivity (Wildman–Crippen MR) is 340 cm³/mol. The highest BCUT2D eigenvalue weighted by Crippen LogP contribution is 2.37. The van der Waals surface area contributed by atoms with Crippen molar-refractivity contribution >= 4 is 81.7 Å². The van der Waals surface area contributed by atoms with E-state index in [9.17, 15) is 19.2 Å². The van der Waals surface area contributed by atoms with Gasteiger partial charge in [-0.25, -0.2) is 29.5 Å². The van der Waals surface area contributed by atoms with E-state index in [0.717, 1.165) is 115 Å². The number of carboxylic acids is 1. The van der Waals surface area contributed by atoms with Crippen LogP contribution in [0.2, 0.25) is 0 Å². The van der Waals surface area contributed by atoms with Crippen molar-refractivity contribution in [2.45, 2.75) is 97.9 Å². The molecular weight excluding hydrogens is 1120 g/mol. The lowest BCUT2D eigenvalue weighted by Gasteiger charge is -2.41. The molecule has 6 aromatic rings. The molecule has 0 spiro atoms. The third-order valence-electron chi connectivity index (χ3n) is 14.9. The van der Waals surface area contributed by atoms with Gasteiger partial charge in [0.05, 0.1) is 74.1 Å². The van der Waals surface area contributed by atoms with Gasteiger partial charge in [-0.3, -0.25) is 19.6 Å². The zero-order valence-corrected chi connectivity index (χ0v) is 50.1. The number of nitrogens with zero attached hydrogens (tertiary/aromatic N) is 10. The van der Waals surface area contributed by atoms with Crippen LogP contribution in [0.1, 0.15) is 94.0 Å². The first kappa shape index (κ1) is 63.3. The number of alkyl carbamates (subject to hydrolysis) is 2. The van der Waals surface area contributed by atoms with Crippen LogP contribution in [0.15, 0.2) is 97.8 Å². The van der Waals surface area contributed by atoms with Crippen LogP contribution in [0.4, 0.5) is 44.0 Å². The number of carbonyl (C=O) groups excluding carboxylic acids is 3. The van der Waals surface area contributed by atoms with Crippen molar-refractivity contribution < 1.29 is 43.2 Å². The zero-order chi connectivity index (χ0) is 61.2. The van der Waals surface area contributed by atoms with Gasteiger partial charge in [-0.1, -0.05) is 31.7 Å². The molecule has 0 radical (unpaired) electrons. The van der Waals surface area contributed by atoms with Gasteiger partial charge in [0.25, 0.3) is 0 Å². The summed E-state index contributed by atoms with van der Waals surface area (Å²) in [7, 11) is 0. The molecule has 0 atom stereocenters. The maximum atomic E-state index is 12.8. The van der Waals surface area contributed by atoms with Crippen molar-refractivity contribution in [1.29, 1.82) is 0 Å². The number of nitrogens with one attached hydrogen (secondary N) is 3. The molecule has 4 fully saturated rings. The van der Waals surface area contributed by atoms with E-state index >= 15 is 0 Å². The lowest BCUT2D eigenvalue weighted by Crippen LogP contribution is -2.60. The van der Waals surface area contributed by atoms with Crippen LogP contribution < -0.4 is 41.3 Å². The Kier molecular flexibility index (Phi) is 20.2. The Morgan fingerprint density at radius 1 is 0.580 bits per heavy atom. The minimum Gasteiger partial charge on any atom is -0.481 e. The fraction of sp³-hybridized carbons (Fsp3) is 0.415. The molecule has 12 rings (SSSR count). The number of carboxylic acid groups (broad SMARTS) is 1. The number of fused-ring (bicyclic) bond motifs is 2. The molecule has 0 saturated carbocycles. The maximum absolute atomic E-state index is 12.8. The lowest BCUT2D eigenvalue weighted by molar-refractivity contribution is -0.136. The first-order valence-electron chi connectivity index (χ1n) is 29.3. The Labute approximate surface area is 513 Å². The summed E-state index contributed by atoms with van der Waals surface area (Å²) in [5.74, 6) is 0.955. The fourth-order valence-corrected chi connectivity index (χ4v) is 10.7. The van der Waals surface area contributed by atoms with Crippen LogP contribution in [0.3, 0.4) is 0 Å². The number of hydrogen-bond acceptors (Lipinski definition) is 19. The Balaban J connectivity index is 0.000000172. The van der Waals surface area contributed by atoms with Gasteiger partial charge in [0.2, 0.25) is 5.91 Å². The van der Waals surface area contributed by atoms with Crippen molar-refractivity contribution in [1.82, 2.24) is 40.5 Å². The number of morpholine rings is 2. The average Bonchev–Trinajstić information content (AvgIpc) is 2.63. The molecule has 8 heterocycles. The van der Waals surface area contributed by atoms with Gasteiger partial charge in [0.1, 0.15) is 35.5 Å². The number of hydrogen-bond donors (Lipinski definition) is 5. The van der Waals surface area contributed by atoms with E-state index in [-0.39, 0.29) is 38.3 Å². The van der Waals surface area contributed by atoms with Crippen LogP contribution in [0, 0.1) is 0 Å². The van der Waals surface area contributed by atoms with E-state index in [0.29, 0.717) is 50.8 Å². The SMILES string of the molecule is C.CC(C)(C)OC(=O)NC1CN(c2ccnc(CC(=O)Nc3ccc(C4=Cc5c(ncnc5N5CCOCC5)C4)cc3)c2)C1.CC(C)(C)OC(=O)NC1CN(c2ccnc(CC(=O)O)c2)C1.Nc1ccc(C2=Cc3c(ncnc3N3CCOCC3)C2)cc1. The highest BCUT2D eigenvalue weighted by Gasteiger charge is 2.32. The zero-order valence-electron chi connectivity index (χ0n) is 50.1. The second kappa shape index (κ2) is 28.1. The second-order valence-electron chi connectivity index (χ2n) is 24.0. The number of benzene rings is 2. The number of aliphatic carboxylic acids is 1. The number of aromatic nitrogens is 6. The quantitative estimate of drug-likeness (QED) is 0.0691. The van der Waals surface area contributed by atoms with E-state index < -0.39 is 29.4 Å². The normalized spacial score (nSPS) is 16.2. The number of nitrogen functional groups attached to an aromatic ring is 1. The van der Waals surface area contributed by atoms with E-state index in [2.05, 4.69) is 89.7 Å². The largest absolute Gasteiger partial charge is 0.481 e. The Morgan fingerprint density at radius 2 is 1.00 bits per heavy atom. The van der Waals surface area contributed by atoms with Crippen LogP contribution >= 0.6 is 0 Å². The number of amides is 3. The van der Waals surface area contributed by atoms with Crippen molar-refractivity contribution in [2.75, 3.05) is 109 Å². The van der Waals surface area contributed by atoms with Crippen LogP contribution in [-0.4, -0.2) is 161 Å². The molecule has 4 aromatic heterocycles. The highest BCUT2D eigenvalue weighted by atomic mass is 16.6. The number of rotatable bonds is 13. The van der Waals surface area contributed by atoms with Crippen molar-refractivity contribution in [3.05, 3.63) is 143 Å². The second-order valence-corrected chi connectivity index (χ2v) is 24.0.